The van der Waals surface area contributed by atoms with Crippen LogP contribution in [0.1, 0.15) is 28.7 Å². The van der Waals surface area contributed by atoms with Gasteiger partial charge in [0.1, 0.15) is 5.69 Å². The molecule has 27 heavy (non-hydrogen) atoms. The summed E-state index contributed by atoms with van der Waals surface area (Å²) >= 11 is 0.967. The Labute approximate surface area is 153 Å². The van der Waals surface area contributed by atoms with Gasteiger partial charge in [0, 0.05) is 18.1 Å². The molecule has 0 saturated heterocycles. The number of carbonyl (C=O) groups is 1. The molecule has 0 unspecified atom stereocenters. The molecule has 146 valence electrons. The molecule has 2 aromatic rings. The quantitative estimate of drug-likeness (QED) is 0.572. The number of hydrogen-bond acceptors (Lipinski definition) is 4. The second kappa shape index (κ2) is 7.71. The van der Waals surface area contributed by atoms with E-state index in [1.807, 2.05) is 0 Å². The van der Waals surface area contributed by atoms with Crippen molar-refractivity contribution in [3.63, 3.8) is 0 Å². The number of hydrogen-bond donors (Lipinski definition) is 0. The van der Waals surface area contributed by atoms with Crippen LogP contribution in [-0.4, -0.2) is 26.4 Å². The molecule has 2 aromatic heterocycles. The Bertz CT molecular complexity index is 920. The van der Waals surface area contributed by atoms with Crippen LogP contribution < -0.4 is 5.49 Å². The van der Waals surface area contributed by atoms with Gasteiger partial charge >= 0.3 is 12.4 Å². The van der Waals surface area contributed by atoms with Crippen LogP contribution >= 0.6 is 11.8 Å². The number of aryl methyl sites for hydroxylation is 1. The van der Waals surface area contributed by atoms with Gasteiger partial charge in [-0.05, 0) is 24.0 Å². The molecule has 5 nitrogen and oxygen atoms in total. The number of aromatic nitrogens is 3. The molecular weight excluding hydrogens is 398 g/mol. The first-order valence-electron chi connectivity index (χ1n) is 7.34. The third-order valence-electron chi connectivity index (χ3n) is 3.17. The van der Waals surface area contributed by atoms with Gasteiger partial charge in [0.05, 0.1) is 5.56 Å². The molecule has 0 spiro atoms. The Morgan fingerprint density at radius 2 is 1.85 bits per heavy atom. The summed E-state index contributed by atoms with van der Waals surface area (Å²) in [6.07, 6.45) is -8.79. The maximum absolute atomic E-state index is 12.8. The van der Waals surface area contributed by atoms with Crippen molar-refractivity contribution in [3.8, 4) is 0 Å². The van der Waals surface area contributed by atoms with Crippen molar-refractivity contribution < 1.29 is 31.1 Å². The molecule has 2 rings (SSSR count). The van der Waals surface area contributed by atoms with Crippen LogP contribution in [0, 0.1) is 0 Å². The van der Waals surface area contributed by atoms with E-state index < -0.39 is 29.5 Å². The molecule has 0 aliphatic heterocycles. The molecule has 2 heterocycles. The van der Waals surface area contributed by atoms with E-state index in [1.165, 1.54) is 0 Å². The predicted molar refractivity (Wildman–Crippen MR) is 83.7 cm³/mol. The highest BCUT2D eigenvalue weighted by Crippen LogP contribution is 2.32. The normalized spacial score (nSPS) is 13.1. The van der Waals surface area contributed by atoms with Crippen LogP contribution in [0.2, 0.25) is 0 Å². The van der Waals surface area contributed by atoms with E-state index in [0.717, 1.165) is 35.6 Å². The SMILES string of the molecule is CCSc1cc(C(F)(F)F)cnc1C(=O)/N=c1\ccc(C(F)(F)F)nn1C. The van der Waals surface area contributed by atoms with Gasteiger partial charge < -0.3 is 0 Å². The van der Waals surface area contributed by atoms with E-state index in [9.17, 15) is 31.1 Å². The topological polar surface area (TPSA) is 60.1 Å². The van der Waals surface area contributed by atoms with Gasteiger partial charge in [-0.25, -0.2) is 4.98 Å². The Morgan fingerprint density at radius 3 is 2.37 bits per heavy atom. The second-order valence-corrected chi connectivity index (χ2v) is 6.42. The van der Waals surface area contributed by atoms with E-state index >= 15 is 0 Å². The molecule has 0 atom stereocenters. The van der Waals surface area contributed by atoms with Gasteiger partial charge in [0.2, 0.25) is 0 Å². The Kier molecular flexibility index (Phi) is 5.97. The lowest BCUT2D eigenvalue weighted by molar-refractivity contribution is -0.142. The van der Waals surface area contributed by atoms with E-state index in [4.69, 9.17) is 0 Å². The highest BCUT2D eigenvalue weighted by atomic mass is 32.2. The van der Waals surface area contributed by atoms with Crippen LogP contribution in [0.3, 0.4) is 0 Å². The summed E-state index contributed by atoms with van der Waals surface area (Å²) in [7, 11) is 1.16. The van der Waals surface area contributed by atoms with E-state index in [-0.39, 0.29) is 16.1 Å². The van der Waals surface area contributed by atoms with Crippen LogP contribution in [0.4, 0.5) is 26.3 Å². The smallest absolute Gasteiger partial charge is 0.265 e. The summed E-state index contributed by atoms with van der Waals surface area (Å²) in [6.45, 7) is 1.68. The number of rotatable bonds is 3. The van der Waals surface area contributed by atoms with Crippen molar-refractivity contribution in [2.45, 2.75) is 24.2 Å². The Hall–Kier alpha value is -2.37. The molecule has 12 heteroatoms. The maximum atomic E-state index is 12.8. The molecule has 0 radical (unpaired) electrons. The highest BCUT2D eigenvalue weighted by Gasteiger charge is 2.33. The molecule has 0 saturated carbocycles. The fourth-order valence-electron chi connectivity index (χ4n) is 1.95. The monoisotopic (exact) mass is 410 g/mol. The molecule has 0 aliphatic carbocycles. The van der Waals surface area contributed by atoms with Crippen molar-refractivity contribution in [1.82, 2.24) is 14.8 Å². The van der Waals surface area contributed by atoms with Crippen molar-refractivity contribution >= 4 is 17.7 Å². The lowest BCUT2D eigenvalue weighted by Gasteiger charge is -2.10. The van der Waals surface area contributed by atoms with Gasteiger partial charge in [-0.15, -0.1) is 11.8 Å². The highest BCUT2D eigenvalue weighted by molar-refractivity contribution is 7.99. The fraction of sp³-hybridized carbons (Fsp3) is 0.333. The molecule has 0 fully saturated rings. The zero-order valence-corrected chi connectivity index (χ0v) is 14.7. The molecular formula is C15H12F6N4OS. The van der Waals surface area contributed by atoms with Crippen molar-refractivity contribution in [2.24, 2.45) is 12.0 Å². The maximum Gasteiger partial charge on any atom is 0.435 e. The number of alkyl halides is 6. The number of thioether (sulfide) groups is 1. The standard InChI is InChI=1S/C15H12F6N4OS/c1-3-27-9-6-8(14(16,17)18)7-22-12(9)13(26)23-11-5-4-10(15(19,20)21)24-25(11)2/h4-7H,3H2,1-2H3/b23-11+. The van der Waals surface area contributed by atoms with Crippen LogP contribution in [0.25, 0.3) is 0 Å². The third kappa shape index (κ3) is 5.08. The van der Waals surface area contributed by atoms with Crippen LogP contribution in [0.15, 0.2) is 34.3 Å². The minimum Gasteiger partial charge on any atom is -0.265 e. The lowest BCUT2D eigenvalue weighted by Crippen LogP contribution is -2.25. The van der Waals surface area contributed by atoms with Crippen LogP contribution in [0.5, 0.6) is 0 Å². The van der Waals surface area contributed by atoms with Gasteiger partial charge in [-0.1, -0.05) is 6.92 Å². The summed E-state index contributed by atoms with van der Waals surface area (Å²) < 4.78 is 77.1. The molecule has 0 aliphatic rings. The third-order valence-corrected chi connectivity index (χ3v) is 4.08. The van der Waals surface area contributed by atoms with Gasteiger partial charge in [0.15, 0.2) is 11.2 Å². The molecule has 1 amide bonds. The molecule has 0 bridgehead atoms. The summed E-state index contributed by atoms with van der Waals surface area (Å²) in [6, 6.07) is 2.37. The molecule has 0 aromatic carbocycles. The fourth-order valence-corrected chi connectivity index (χ4v) is 2.75. The van der Waals surface area contributed by atoms with Crippen LogP contribution in [-0.2, 0) is 19.4 Å². The zero-order chi connectivity index (χ0) is 20.4. The Balaban J connectivity index is 2.47. The summed E-state index contributed by atoms with van der Waals surface area (Å²) in [5, 5.41) is 3.27. The van der Waals surface area contributed by atoms with Gasteiger partial charge in [0.25, 0.3) is 5.91 Å². The number of nitrogens with zero attached hydrogens (tertiary/aromatic N) is 4. The van der Waals surface area contributed by atoms with Gasteiger partial charge in [-0.3, -0.25) is 9.48 Å². The number of halogens is 6. The van der Waals surface area contributed by atoms with E-state index in [1.54, 1.807) is 6.92 Å². The minimum absolute atomic E-state index is 0.0244. The average molecular weight is 410 g/mol. The first kappa shape index (κ1) is 20.9. The number of amides is 1. The second-order valence-electron chi connectivity index (χ2n) is 5.12. The molecule has 0 N–H and O–H groups in total. The van der Waals surface area contributed by atoms with E-state index in [2.05, 4.69) is 15.1 Å². The van der Waals surface area contributed by atoms with Crippen molar-refractivity contribution in [3.05, 3.63) is 46.8 Å². The average Bonchev–Trinajstić information content (AvgIpc) is 2.55. The number of carbonyl (C=O) groups excluding carboxylic acids is 1. The predicted octanol–water partition coefficient (Wildman–Crippen LogP) is 3.71. The zero-order valence-electron chi connectivity index (χ0n) is 13.9. The summed E-state index contributed by atoms with van der Waals surface area (Å²) in [5.41, 5.74) is -2.72. The van der Waals surface area contributed by atoms with Crippen molar-refractivity contribution in [2.75, 3.05) is 5.75 Å². The van der Waals surface area contributed by atoms with Gasteiger partial charge in [-0.2, -0.15) is 36.4 Å². The summed E-state index contributed by atoms with van der Waals surface area (Å²) in [4.78, 5) is 19.5. The largest absolute Gasteiger partial charge is 0.435 e. The first-order chi connectivity index (χ1) is 12.4. The van der Waals surface area contributed by atoms with Crippen molar-refractivity contribution in [1.29, 1.82) is 0 Å². The number of pyridine rings is 1. The summed E-state index contributed by atoms with van der Waals surface area (Å²) in [5.74, 6) is -0.615. The minimum atomic E-state index is -4.67. The first-order valence-corrected chi connectivity index (χ1v) is 8.32. The Morgan fingerprint density at radius 1 is 1.19 bits per heavy atom. The van der Waals surface area contributed by atoms with E-state index in [0.29, 0.717) is 18.0 Å². The lowest BCUT2D eigenvalue weighted by atomic mass is 10.2.